The van der Waals surface area contributed by atoms with Gasteiger partial charge >= 0.3 is 5.97 Å². The summed E-state index contributed by atoms with van der Waals surface area (Å²) in [6.07, 6.45) is -2.26. The van der Waals surface area contributed by atoms with Gasteiger partial charge in [0.2, 0.25) is 0 Å². The van der Waals surface area contributed by atoms with Gasteiger partial charge in [-0.2, -0.15) is 5.26 Å². The van der Waals surface area contributed by atoms with E-state index < -0.39 is 65.9 Å². The summed E-state index contributed by atoms with van der Waals surface area (Å²) >= 11 is 0. The number of nitriles is 1. The van der Waals surface area contributed by atoms with Crippen LogP contribution in [0.5, 0.6) is 0 Å². The highest BCUT2D eigenvalue weighted by Gasteiger charge is 2.49. The zero-order chi connectivity index (χ0) is 32.1. The van der Waals surface area contributed by atoms with Gasteiger partial charge in [0.05, 0.1) is 35.7 Å². The third kappa shape index (κ3) is 7.93. The molecule has 0 spiro atoms. The van der Waals surface area contributed by atoms with Crippen LogP contribution >= 0.6 is 0 Å². The second-order valence-corrected chi connectivity index (χ2v) is 12.5. The first-order chi connectivity index (χ1) is 19.5. The Balaban J connectivity index is 2.65. The second-order valence-electron chi connectivity index (χ2n) is 12.5. The number of hydrogen-bond donors (Lipinski definition) is 0. The molecular formula is C32H50N2O8. The maximum absolute atomic E-state index is 13.7. The number of methoxy groups -OCH3 is 1. The van der Waals surface area contributed by atoms with Crippen LogP contribution in [0.15, 0.2) is 11.1 Å². The summed E-state index contributed by atoms with van der Waals surface area (Å²) in [6, 6.07) is 2.00. The average molecular weight is 591 g/mol. The molecule has 0 aliphatic carbocycles. The van der Waals surface area contributed by atoms with E-state index in [1.54, 1.807) is 34.6 Å². The van der Waals surface area contributed by atoms with Crippen LogP contribution in [0.4, 0.5) is 0 Å². The van der Waals surface area contributed by atoms with Gasteiger partial charge in [-0.3, -0.25) is 19.2 Å². The number of nitrogens with zero attached hydrogens (tertiary/aromatic N) is 2. The molecule has 0 bridgehead atoms. The molecule has 1 saturated heterocycles. The summed E-state index contributed by atoms with van der Waals surface area (Å²) < 4.78 is 24.5. The molecule has 0 amide bonds. The predicted octanol–water partition coefficient (Wildman–Crippen LogP) is 4.05. The largest absolute Gasteiger partial charge is 0.457 e. The molecule has 0 aromatic heterocycles. The SMILES string of the molecule is CC[C@@H]1OC(=O)CC(=O)[C@H](C)[C@@H](OC2O[C@H](C)C[C@H](N(C)C)[C@H]2C(C)=O)[C@@](C)(OC)C[C@@H](C)C(=O)[C@@H](C)/C(C#N)=C/1C. The van der Waals surface area contributed by atoms with E-state index in [1.807, 2.05) is 32.8 Å². The van der Waals surface area contributed by atoms with Gasteiger partial charge in [-0.15, -0.1) is 0 Å². The third-order valence-electron chi connectivity index (χ3n) is 9.14. The normalized spacial score (nSPS) is 39.4. The fourth-order valence-electron chi connectivity index (χ4n) is 6.53. The van der Waals surface area contributed by atoms with Crippen LogP contribution in [0, 0.1) is 35.0 Å². The zero-order valence-electron chi connectivity index (χ0n) is 27.2. The number of allylic oxidation sites excluding steroid dienone is 1. The van der Waals surface area contributed by atoms with Crippen molar-refractivity contribution in [2.45, 2.75) is 117 Å². The number of Topliss-reactive ketones (excluding diaryl/α,β-unsaturated/α-hetero) is 3. The van der Waals surface area contributed by atoms with Gasteiger partial charge in [0, 0.05) is 30.6 Å². The second kappa shape index (κ2) is 14.8. The van der Waals surface area contributed by atoms with Crippen LogP contribution < -0.4 is 0 Å². The van der Waals surface area contributed by atoms with E-state index in [0.717, 1.165) is 0 Å². The lowest BCUT2D eigenvalue weighted by molar-refractivity contribution is -0.278. The molecule has 2 aliphatic rings. The highest BCUT2D eigenvalue weighted by Crippen LogP contribution is 2.38. The highest BCUT2D eigenvalue weighted by molar-refractivity contribution is 5.97. The van der Waals surface area contributed by atoms with Crippen LogP contribution in [0.1, 0.15) is 81.1 Å². The zero-order valence-corrected chi connectivity index (χ0v) is 27.2. The third-order valence-corrected chi connectivity index (χ3v) is 9.14. The summed E-state index contributed by atoms with van der Waals surface area (Å²) in [6.45, 7) is 13.8. The van der Waals surface area contributed by atoms with Crippen LogP contribution in [-0.2, 0) is 38.1 Å². The average Bonchev–Trinajstić information content (AvgIpc) is 2.92. The Hall–Kier alpha value is -2.45. The minimum absolute atomic E-state index is 0.109. The first kappa shape index (κ1) is 35.7. The molecule has 236 valence electrons. The first-order valence-corrected chi connectivity index (χ1v) is 14.9. The maximum Gasteiger partial charge on any atom is 0.313 e. The van der Waals surface area contributed by atoms with E-state index in [-0.39, 0.29) is 35.7 Å². The van der Waals surface area contributed by atoms with Crippen molar-refractivity contribution in [3.8, 4) is 6.07 Å². The summed E-state index contributed by atoms with van der Waals surface area (Å²) in [5.41, 5.74) is -0.447. The Labute approximate surface area is 251 Å². The number of ketones is 3. The number of rotatable bonds is 6. The molecule has 10 nitrogen and oxygen atoms in total. The molecular weight excluding hydrogens is 540 g/mol. The number of carbonyl (C=O) groups is 4. The van der Waals surface area contributed by atoms with Crippen molar-refractivity contribution in [3.63, 3.8) is 0 Å². The Kier molecular flexibility index (Phi) is 12.6. The monoisotopic (exact) mass is 590 g/mol. The lowest BCUT2D eigenvalue weighted by Crippen LogP contribution is -2.58. The molecule has 1 unspecified atom stereocenters. The summed E-state index contributed by atoms with van der Waals surface area (Å²) in [5, 5.41) is 9.98. The van der Waals surface area contributed by atoms with E-state index in [0.29, 0.717) is 18.4 Å². The maximum atomic E-state index is 13.7. The smallest absolute Gasteiger partial charge is 0.313 e. The van der Waals surface area contributed by atoms with Gasteiger partial charge in [0.25, 0.3) is 0 Å². The van der Waals surface area contributed by atoms with Crippen molar-refractivity contribution >= 4 is 23.3 Å². The van der Waals surface area contributed by atoms with Crippen LogP contribution in [0.2, 0.25) is 0 Å². The minimum Gasteiger partial charge on any atom is -0.457 e. The standard InChI is InChI=1S/C32H50N2O8/c1-12-26-19(4)23(16-33)20(5)29(38)17(2)15-32(8,39-11)30(21(6)25(36)14-27(37)41-26)42-31-28(22(7)35)24(34(9)10)13-18(3)40-31/h17-18,20-21,24,26,28,30-31H,12-15H2,1-11H3/b23-19+/t17-,18-,20+,21+,24+,26+,28-,30-,31?,32+/m1/s1. The number of hydrogen-bond acceptors (Lipinski definition) is 10. The van der Waals surface area contributed by atoms with Crippen LogP contribution in [0.3, 0.4) is 0 Å². The Bertz CT molecular complexity index is 1090. The fourth-order valence-corrected chi connectivity index (χ4v) is 6.53. The number of ether oxygens (including phenoxy) is 4. The minimum atomic E-state index is -1.20. The van der Waals surface area contributed by atoms with E-state index in [9.17, 15) is 24.4 Å². The predicted molar refractivity (Wildman–Crippen MR) is 156 cm³/mol. The van der Waals surface area contributed by atoms with Crippen molar-refractivity contribution in [3.05, 3.63) is 11.1 Å². The molecule has 42 heavy (non-hydrogen) atoms. The molecule has 0 saturated carbocycles. The van der Waals surface area contributed by atoms with Gasteiger partial charge in [-0.1, -0.05) is 27.7 Å². The van der Waals surface area contributed by atoms with Crippen LogP contribution in [-0.4, -0.2) is 85.7 Å². The molecule has 1 fully saturated rings. The molecule has 2 rings (SSSR count). The molecule has 0 aromatic rings. The van der Waals surface area contributed by atoms with Crippen molar-refractivity contribution < 1.29 is 38.1 Å². The van der Waals surface area contributed by atoms with Crippen molar-refractivity contribution in [1.82, 2.24) is 4.90 Å². The lowest BCUT2D eigenvalue weighted by Gasteiger charge is -2.47. The van der Waals surface area contributed by atoms with Crippen molar-refractivity contribution in [2.75, 3.05) is 21.2 Å². The topological polar surface area (TPSA) is 132 Å². The Morgan fingerprint density at radius 2 is 1.79 bits per heavy atom. The van der Waals surface area contributed by atoms with Crippen molar-refractivity contribution in [1.29, 1.82) is 5.26 Å². The molecule has 10 atom stereocenters. The summed E-state index contributed by atoms with van der Waals surface area (Å²) in [4.78, 5) is 55.2. The van der Waals surface area contributed by atoms with Gasteiger partial charge in [-0.05, 0) is 66.6 Å². The van der Waals surface area contributed by atoms with E-state index in [1.165, 1.54) is 14.0 Å². The Morgan fingerprint density at radius 1 is 1.17 bits per heavy atom. The van der Waals surface area contributed by atoms with Crippen LogP contribution in [0.25, 0.3) is 0 Å². The molecule has 2 aliphatic heterocycles. The molecule has 10 heteroatoms. The van der Waals surface area contributed by atoms with Crippen molar-refractivity contribution in [2.24, 2.45) is 23.7 Å². The van der Waals surface area contributed by atoms with Gasteiger partial charge in [0.15, 0.2) is 6.29 Å². The Morgan fingerprint density at radius 3 is 2.29 bits per heavy atom. The summed E-state index contributed by atoms with van der Waals surface area (Å²) in [7, 11) is 5.29. The quantitative estimate of drug-likeness (QED) is 0.330. The first-order valence-electron chi connectivity index (χ1n) is 14.9. The van der Waals surface area contributed by atoms with E-state index in [2.05, 4.69) is 6.07 Å². The lowest BCUT2D eigenvalue weighted by atomic mass is 9.76. The molecule has 2 heterocycles. The fraction of sp³-hybridized carbons (Fsp3) is 0.781. The number of cyclic esters (lactones) is 1. The molecule has 0 aromatic carbocycles. The van der Waals surface area contributed by atoms with Gasteiger partial charge < -0.3 is 23.8 Å². The summed E-state index contributed by atoms with van der Waals surface area (Å²) in [5.74, 6) is -4.27. The molecule has 0 N–H and O–H groups in total. The van der Waals surface area contributed by atoms with Gasteiger partial charge in [0.1, 0.15) is 29.9 Å². The van der Waals surface area contributed by atoms with E-state index in [4.69, 9.17) is 18.9 Å². The van der Waals surface area contributed by atoms with E-state index >= 15 is 0 Å². The van der Waals surface area contributed by atoms with Gasteiger partial charge in [-0.25, -0.2) is 0 Å². The number of carbonyl (C=O) groups excluding carboxylic acids is 4. The molecule has 0 radical (unpaired) electrons. The number of esters is 1. The highest BCUT2D eigenvalue weighted by atomic mass is 16.7.